The zero-order chi connectivity index (χ0) is 9.61. The van der Waals surface area contributed by atoms with Crippen molar-refractivity contribution in [3.05, 3.63) is 0 Å². The number of hydrogen-bond acceptors (Lipinski definition) is 3. The van der Waals surface area contributed by atoms with Gasteiger partial charge in [0, 0.05) is 18.7 Å². The molecule has 0 spiro atoms. The van der Waals surface area contributed by atoms with E-state index in [4.69, 9.17) is 10.5 Å². The average Bonchev–Trinajstić information content (AvgIpc) is 1.95. The van der Waals surface area contributed by atoms with Crippen LogP contribution in [0.5, 0.6) is 0 Å². The molecule has 0 fully saturated rings. The molecule has 0 aliphatic rings. The van der Waals surface area contributed by atoms with Crippen molar-refractivity contribution in [1.29, 1.82) is 0 Å². The van der Waals surface area contributed by atoms with Crippen LogP contribution in [0.1, 0.15) is 20.8 Å². The quantitative estimate of drug-likeness (QED) is 0.610. The molecule has 0 aromatic heterocycles. The van der Waals surface area contributed by atoms with Crippen molar-refractivity contribution in [1.82, 2.24) is 5.32 Å². The summed E-state index contributed by atoms with van der Waals surface area (Å²) in [5, 5.41) is 2.67. The Kier molecular flexibility index (Phi) is 4.85. The predicted molar refractivity (Wildman–Crippen MR) is 47.8 cm³/mol. The van der Waals surface area contributed by atoms with E-state index in [1.165, 1.54) is 0 Å². The van der Waals surface area contributed by atoms with Crippen LogP contribution in [-0.4, -0.2) is 31.2 Å². The summed E-state index contributed by atoms with van der Waals surface area (Å²) in [7, 11) is 0. The van der Waals surface area contributed by atoms with Gasteiger partial charge in [-0.25, -0.2) is 0 Å². The fraction of sp³-hybridized carbons (Fsp3) is 0.875. The van der Waals surface area contributed by atoms with Crippen LogP contribution in [0.15, 0.2) is 0 Å². The highest BCUT2D eigenvalue weighted by atomic mass is 16.5. The molecule has 0 unspecified atom stereocenters. The third-order valence-corrected chi connectivity index (χ3v) is 1.18. The maximum absolute atomic E-state index is 11.0. The fourth-order valence-electron chi connectivity index (χ4n) is 0.572. The summed E-state index contributed by atoms with van der Waals surface area (Å²) >= 11 is 0. The number of rotatable bonds is 5. The van der Waals surface area contributed by atoms with Crippen molar-refractivity contribution in [2.75, 3.05) is 19.8 Å². The minimum atomic E-state index is -0.359. The molecule has 0 radical (unpaired) electrons. The van der Waals surface area contributed by atoms with E-state index in [2.05, 4.69) is 5.32 Å². The summed E-state index contributed by atoms with van der Waals surface area (Å²) < 4.78 is 4.91. The highest BCUT2D eigenvalue weighted by Crippen LogP contribution is 1.92. The first-order chi connectivity index (χ1) is 5.45. The molecule has 0 saturated carbocycles. The molecule has 0 rings (SSSR count). The summed E-state index contributed by atoms with van der Waals surface area (Å²) in [6, 6.07) is 0. The smallest absolute Gasteiger partial charge is 0.246 e. The first-order valence-electron chi connectivity index (χ1n) is 4.09. The second kappa shape index (κ2) is 5.11. The highest BCUT2D eigenvalue weighted by molar-refractivity contribution is 5.77. The van der Waals surface area contributed by atoms with Gasteiger partial charge < -0.3 is 15.8 Å². The van der Waals surface area contributed by atoms with Gasteiger partial charge in [-0.2, -0.15) is 0 Å². The van der Waals surface area contributed by atoms with Crippen molar-refractivity contribution in [3.63, 3.8) is 0 Å². The van der Waals surface area contributed by atoms with E-state index in [1.807, 2.05) is 20.8 Å². The van der Waals surface area contributed by atoms with Crippen LogP contribution in [0, 0.1) is 0 Å². The van der Waals surface area contributed by atoms with E-state index < -0.39 is 0 Å². The largest absolute Gasteiger partial charge is 0.372 e. The third-order valence-electron chi connectivity index (χ3n) is 1.18. The van der Waals surface area contributed by atoms with Gasteiger partial charge in [-0.1, -0.05) is 0 Å². The second-order valence-electron chi connectivity index (χ2n) is 3.40. The van der Waals surface area contributed by atoms with Crippen molar-refractivity contribution in [2.45, 2.75) is 26.3 Å². The maximum atomic E-state index is 11.0. The Hall–Kier alpha value is -0.610. The van der Waals surface area contributed by atoms with Crippen LogP contribution < -0.4 is 11.1 Å². The molecule has 0 aromatic carbocycles. The molecule has 0 heterocycles. The number of ether oxygens (including phenoxy) is 1. The molecule has 4 heteroatoms. The minimum Gasteiger partial charge on any atom is -0.372 e. The lowest BCUT2D eigenvalue weighted by atomic mass is 10.1. The van der Waals surface area contributed by atoms with Gasteiger partial charge in [0.05, 0.1) is 0 Å². The Morgan fingerprint density at radius 2 is 2.17 bits per heavy atom. The van der Waals surface area contributed by atoms with Gasteiger partial charge in [0.1, 0.15) is 6.61 Å². The van der Waals surface area contributed by atoms with Crippen LogP contribution in [0.25, 0.3) is 0 Å². The molecule has 0 atom stereocenters. The summed E-state index contributed by atoms with van der Waals surface area (Å²) in [6.45, 7) is 6.70. The molecule has 0 aliphatic carbocycles. The molecule has 0 aromatic rings. The zero-order valence-corrected chi connectivity index (χ0v) is 8.02. The van der Waals surface area contributed by atoms with E-state index >= 15 is 0 Å². The Morgan fingerprint density at radius 1 is 1.58 bits per heavy atom. The van der Waals surface area contributed by atoms with Crippen LogP contribution in [-0.2, 0) is 9.53 Å². The Bertz CT molecular complexity index is 140. The first-order valence-corrected chi connectivity index (χ1v) is 4.09. The van der Waals surface area contributed by atoms with Crippen LogP contribution in [0.2, 0.25) is 0 Å². The fourth-order valence-corrected chi connectivity index (χ4v) is 0.572. The number of nitrogens with two attached hydrogens (primary N) is 1. The van der Waals surface area contributed by atoms with Crippen molar-refractivity contribution in [2.24, 2.45) is 5.73 Å². The highest BCUT2D eigenvalue weighted by Gasteiger charge is 2.11. The molecule has 12 heavy (non-hydrogen) atoms. The van der Waals surface area contributed by atoms with Gasteiger partial charge in [-0.05, 0) is 20.8 Å². The number of carbonyl (C=O) groups is 1. The molecule has 72 valence electrons. The molecular formula is C8H18N2O2. The molecule has 0 aliphatic heterocycles. The van der Waals surface area contributed by atoms with Crippen LogP contribution in [0.4, 0.5) is 0 Å². The van der Waals surface area contributed by atoms with Gasteiger partial charge >= 0.3 is 0 Å². The molecule has 0 bridgehead atoms. The number of hydrogen-bond donors (Lipinski definition) is 2. The monoisotopic (exact) mass is 174 g/mol. The van der Waals surface area contributed by atoms with Gasteiger partial charge in [0.15, 0.2) is 0 Å². The number of carbonyl (C=O) groups excluding carboxylic acids is 1. The summed E-state index contributed by atoms with van der Waals surface area (Å²) in [4.78, 5) is 11.0. The van der Waals surface area contributed by atoms with E-state index in [-0.39, 0.29) is 18.1 Å². The Labute approximate surface area is 73.5 Å². The molecule has 1 amide bonds. The van der Waals surface area contributed by atoms with E-state index in [9.17, 15) is 4.79 Å². The Morgan fingerprint density at radius 3 is 2.58 bits per heavy atom. The van der Waals surface area contributed by atoms with Crippen LogP contribution >= 0.6 is 0 Å². The Balaban J connectivity index is 3.44. The first kappa shape index (κ1) is 11.4. The van der Waals surface area contributed by atoms with Gasteiger partial charge in [-0.3, -0.25) is 4.79 Å². The standard InChI is InChI=1S/C8H18N2O2/c1-4-12-5-7(11)10-6-8(2,3)9/h4-6,9H2,1-3H3,(H,10,11). The summed E-state index contributed by atoms with van der Waals surface area (Å²) in [6.07, 6.45) is 0. The predicted octanol–water partition coefficient (Wildman–Crippen LogP) is -0.124. The number of nitrogens with one attached hydrogen (secondary N) is 1. The molecule has 3 N–H and O–H groups in total. The molecule has 0 saturated heterocycles. The number of amides is 1. The SMILES string of the molecule is CCOCC(=O)NCC(C)(C)N. The zero-order valence-electron chi connectivity index (χ0n) is 8.02. The second-order valence-corrected chi connectivity index (χ2v) is 3.40. The van der Waals surface area contributed by atoms with Crippen LogP contribution in [0.3, 0.4) is 0 Å². The van der Waals surface area contributed by atoms with E-state index in [1.54, 1.807) is 0 Å². The van der Waals surface area contributed by atoms with Crippen molar-refractivity contribution >= 4 is 5.91 Å². The topological polar surface area (TPSA) is 64.3 Å². The molecular weight excluding hydrogens is 156 g/mol. The van der Waals surface area contributed by atoms with Gasteiger partial charge in [0.25, 0.3) is 0 Å². The normalized spacial score (nSPS) is 11.3. The lowest BCUT2D eigenvalue weighted by Crippen LogP contribution is -2.45. The summed E-state index contributed by atoms with van der Waals surface area (Å²) in [5.41, 5.74) is 5.30. The van der Waals surface area contributed by atoms with E-state index in [0.29, 0.717) is 13.2 Å². The minimum absolute atomic E-state index is 0.115. The maximum Gasteiger partial charge on any atom is 0.246 e. The van der Waals surface area contributed by atoms with Crippen molar-refractivity contribution < 1.29 is 9.53 Å². The van der Waals surface area contributed by atoms with Gasteiger partial charge in [0.2, 0.25) is 5.91 Å². The van der Waals surface area contributed by atoms with Crippen molar-refractivity contribution in [3.8, 4) is 0 Å². The third kappa shape index (κ3) is 7.50. The average molecular weight is 174 g/mol. The summed E-state index contributed by atoms with van der Waals surface area (Å²) in [5.74, 6) is -0.115. The lowest BCUT2D eigenvalue weighted by molar-refractivity contribution is -0.125. The molecule has 4 nitrogen and oxygen atoms in total. The van der Waals surface area contributed by atoms with Gasteiger partial charge in [-0.15, -0.1) is 0 Å². The van der Waals surface area contributed by atoms with E-state index in [0.717, 1.165) is 0 Å². The lowest BCUT2D eigenvalue weighted by Gasteiger charge is -2.18.